The van der Waals surface area contributed by atoms with E-state index in [1.54, 1.807) is 55.5 Å². The number of carbonyl (C=O) groups excluding carboxylic acids is 4. The number of fused-ring (bicyclic) bond motifs is 4. The highest BCUT2D eigenvalue weighted by molar-refractivity contribution is 6.30. The summed E-state index contributed by atoms with van der Waals surface area (Å²) in [7, 11) is 0. The van der Waals surface area contributed by atoms with Gasteiger partial charge in [-0.2, -0.15) is 10.1 Å². The average Bonchev–Trinajstić information content (AvgIpc) is 3.40. The fourth-order valence-electron chi connectivity index (χ4n) is 8.03. The van der Waals surface area contributed by atoms with Crippen molar-refractivity contribution in [1.29, 1.82) is 0 Å². The quantitative estimate of drug-likeness (QED) is 0.195. The van der Waals surface area contributed by atoms with E-state index in [2.05, 4.69) is 5.43 Å². The number of nitrogens with one attached hydrogen (secondary N) is 1. The minimum absolute atomic E-state index is 0.00291. The number of aromatic hydroxyl groups is 1. The summed E-state index contributed by atoms with van der Waals surface area (Å²) in [6.07, 6.45) is 1.91. The molecule has 2 heterocycles. The molecular formula is C34H29ClFN3O7. The second-order valence-corrected chi connectivity index (χ2v) is 12.4. The summed E-state index contributed by atoms with van der Waals surface area (Å²) in [6.45, 7) is 2.01. The third-order valence-electron chi connectivity index (χ3n) is 9.87. The Hall–Kier alpha value is -4.74. The third-order valence-corrected chi connectivity index (χ3v) is 10.1. The van der Waals surface area contributed by atoms with E-state index in [9.17, 15) is 29.1 Å². The Bertz CT molecular complexity index is 1810. The number of nitrogens with zero attached hydrogens (tertiary/aromatic N) is 2. The van der Waals surface area contributed by atoms with Crippen molar-refractivity contribution in [1.82, 2.24) is 10.1 Å². The second-order valence-electron chi connectivity index (χ2n) is 12.0. The highest BCUT2D eigenvalue weighted by Gasteiger charge is 2.70. The maximum atomic E-state index is 15.0. The van der Waals surface area contributed by atoms with E-state index in [-0.39, 0.29) is 41.7 Å². The summed E-state index contributed by atoms with van der Waals surface area (Å²) in [5.74, 6) is -7.90. The topological polar surface area (TPSA) is 136 Å². The summed E-state index contributed by atoms with van der Waals surface area (Å²) in [5, 5.41) is 23.5. The van der Waals surface area contributed by atoms with Gasteiger partial charge in [-0.1, -0.05) is 47.5 Å². The fourth-order valence-corrected chi connectivity index (χ4v) is 8.15. The number of halogens is 2. The molecule has 0 radical (unpaired) electrons. The number of benzene rings is 3. The number of hydroxylamine groups is 2. The van der Waals surface area contributed by atoms with Gasteiger partial charge in [0.2, 0.25) is 0 Å². The first kappa shape index (κ1) is 29.9. The molecule has 6 unspecified atom stereocenters. The highest BCUT2D eigenvalue weighted by Crippen LogP contribution is 2.65. The van der Waals surface area contributed by atoms with E-state index in [1.807, 2.05) is 0 Å². The predicted molar refractivity (Wildman–Crippen MR) is 162 cm³/mol. The molecular weight excluding hydrogens is 617 g/mol. The smallest absolute Gasteiger partial charge is 0.260 e. The van der Waals surface area contributed by atoms with E-state index in [1.165, 1.54) is 24.3 Å². The molecule has 46 heavy (non-hydrogen) atoms. The van der Waals surface area contributed by atoms with Gasteiger partial charge in [-0.25, -0.2) is 4.39 Å². The average molecular weight is 646 g/mol. The Balaban J connectivity index is 1.49. The number of phenolic OH excluding ortho intramolecular Hbond substituents is 1. The van der Waals surface area contributed by atoms with Crippen molar-refractivity contribution in [2.24, 2.45) is 23.7 Å². The summed E-state index contributed by atoms with van der Waals surface area (Å²) in [4.78, 5) is 55.8. The van der Waals surface area contributed by atoms with Gasteiger partial charge in [-0.3, -0.25) is 29.8 Å². The van der Waals surface area contributed by atoms with Crippen LogP contribution in [0, 0.1) is 29.5 Å². The van der Waals surface area contributed by atoms with E-state index < -0.39 is 64.5 Å². The van der Waals surface area contributed by atoms with Gasteiger partial charge >= 0.3 is 0 Å². The molecule has 0 bridgehead atoms. The number of allylic oxidation sites excluding steroid dienone is 2. The van der Waals surface area contributed by atoms with Crippen LogP contribution in [-0.2, 0) is 24.6 Å². The van der Waals surface area contributed by atoms with Crippen molar-refractivity contribution < 1.29 is 38.6 Å². The van der Waals surface area contributed by atoms with Crippen LogP contribution in [0.15, 0.2) is 78.4 Å². The Kier molecular flexibility index (Phi) is 7.13. The van der Waals surface area contributed by atoms with Gasteiger partial charge in [0.25, 0.3) is 23.6 Å². The van der Waals surface area contributed by atoms with Gasteiger partial charge in [-0.15, -0.1) is 0 Å². The molecule has 236 valence electrons. The molecule has 1 saturated carbocycles. The zero-order valence-corrected chi connectivity index (χ0v) is 25.3. The number of amides is 4. The first-order valence-corrected chi connectivity index (χ1v) is 15.3. The van der Waals surface area contributed by atoms with Crippen molar-refractivity contribution in [3.63, 3.8) is 0 Å². The number of para-hydroxylation sites is 1. The zero-order valence-electron chi connectivity index (χ0n) is 24.5. The van der Waals surface area contributed by atoms with Crippen LogP contribution in [0.5, 0.6) is 11.5 Å². The molecule has 6 atom stereocenters. The minimum Gasteiger partial charge on any atom is -0.504 e. The number of rotatable bonds is 6. The van der Waals surface area contributed by atoms with Gasteiger partial charge < -0.3 is 9.84 Å². The van der Waals surface area contributed by atoms with Crippen LogP contribution in [0.1, 0.15) is 36.8 Å². The lowest BCUT2D eigenvalue weighted by Crippen LogP contribution is -2.53. The normalized spacial score (nSPS) is 28.5. The number of phenols is 1. The van der Waals surface area contributed by atoms with Crippen LogP contribution in [0.3, 0.4) is 0 Å². The van der Waals surface area contributed by atoms with Crippen LogP contribution >= 0.6 is 11.6 Å². The summed E-state index contributed by atoms with van der Waals surface area (Å²) in [6, 6.07) is 16.7. The lowest BCUT2D eigenvalue weighted by molar-refractivity contribution is -0.173. The van der Waals surface area contributed by atoms with E-state index in [4.69, 9.17) is 16.3 Å². The number of carbonyl (C=O) groups is 4. The fraction of sp³-hybridized carbons (Fsp3) is 0.294. The molecule has 4 amide bonds. The molecule has 12 heteroatoms. The van der Waals surface area contributed by atoms with Gasteiger partial charge in [0.05, 0.1) is 35.5 Å². The molecule has 3 N–H and O–H groups in total. The minimum atomic E-state index is -1.66. The molecule has 0 aromatic heterocycles. The Morgan fingerprint density at radius 1 is 0.978 bits per heavy atom. The van der Waals surface area contributed by atoms with E-state index in [0.29, 0.717) is 21.7 Å². The molecule has 3 aromatic rings. The Morgan fingerprint density at radius 3 is 2.39 bits per heavy atom. The van der Waals surface area contributed by atoms with Crippen molar-refractivity contribution in [3.8, 4) is 11.5 Å². The maximum Gasteiger partial charge on any atom is 0.260 e. The number of anilines is 1. The highest BCUT2D eigenvalue weighted by atomic mass is 35.5. The van der Waals surface area contributed by atoms with E-state index >= 15 is 4.79 Å². The lowest BCUT2D eigenvalue weighted by Gasteiger charge is -2.50. The number of imide groups is 2. The first-order valence-electron chi connectivity index (χ1n) is 15.0. The largest absolute Gasteiger partial charge is 0.504 e. The molecule has 0 spiro atoms. The number of hydrogen-bond acceptors (Lipinski definition) is 8. The van der Waals surface area contributed by atoms with Crippen molar-refractivity contribution in [3.05, 3.63) is 100 Å². The summed E-state index contributed by atoms with van der Waals surface area (Å²) < 4.78 is 19.5. The summed E-state index contributed by atoms with van der Waals surface area (Å²) >= 11 is 6.28. The van der Waals surface area contributed by atoms with Crippen molar-refractivity contribution >= 4 is 40.9 Å². The van der Waals surface area contributed by atoms with Gasteiger partial charge in [0.15, 0.2) is 11.5 Å². The molecule has 2 saturated heterocycles. The Morgan fingerprint density at radius 2 is 1.70 bits per heavy atom. The molecule has 4 aliphatic rings. The van der Waals surface area contributed by atoms with Crippen LogP contribution in [0.25, 0.3) is 0 Å². The van der Waals surface area contributed by atoms with Crippen LogP contribution in [0.4, 0.5) is 10.1 Å². The van der Waals surface area contributed by atoms with Crippen molar-refractivity contribution in [2.75, 3.05) is 12.0 Å². The Labute approximate surface area is 267 Å². The molecule has 7 rings (SSSR count). The van der Waals surface area contributed by atoms with Crippen LogP contribution in [-0.4, -0.2) is 50.6 Å². The second kappa shape index (κ2) is 11.0. The number of ether oxygens (including phenoxy) is 1. The maximum absolute atomic E-state index is 15.0. The molecule has 2 aliphatic carbocycles. The van der Waals surface area contributed by atoms with Crippen LogP contribution in [0.2, 0.25) is 5.02 Å². The molecule has 10 nitrogen and oxygen atoms in total. The van der Waals surface area contributed by atoms with Crippen molar-refractivity contribution in [2.45, 2.75) is 31.1 Å². The van der Waals surface area contributed by atoms with Gasteiger partial charge in [0.1, 0.15) is 5.82 Å². The summed E-state index contributed by atoms with van der Waals surface area (Å²) in [5.41, 5.74) is 2.84. The monoisotopic (exact) mass is 645 g/mol. The molecule has 3 fully saturated rings. The predicted octanol–water partition coefficient (Wildman–Crippen LogP) is 4.96. The number of hydrogen-bond donors (Lipinski definition) is 3. The van der Waals surface area contributed by atoms with E-state index in [0.717, 1.165) is 5.01 Å². The zero-order chi connectivity index (χ0) is 32.5. The SMILES string of the molecule is CCOc1cccc(C2C3=CCC4C(=O)N(O)C(=O)C4C3CC3C(=O)N(Nc4ccc(F)cc4)C(=O)C32c2ccc(Cl)cc2)c1O. The molecule has 3 aromatic carbocycles. The lowest BCUT2D eigenvalue weighted by atomic mass is 9.49. The molecule has 2 aliphatic heterocycles. The van der Waals surface area contributed by atoms with Gasteiger partial charge in [-0.05, 0) is 73.7 Å². The third kappa shape index (κ3) is 4.18. The standard InChI is InChI=1S/C34H29ClFN3O7/c1-2-46-26-5-3-4-23(29(26)40)28-21-14-15-22-27(32(43)39(45)30(22)41)24(21)16-25-31(42)38(37-20-12-10-19(36)11-13-20)33(44)34(25,28)17-6-8-18(35)9-7-17/h3-14,22,24-25,27-28,37,40,45H,2,15-16H2,1H3. The van der Waals surface area contributed by atoms with Crippen LogP contribution < -0.4 is 10.2 Å². The van der Waals surface area contributed by atoms with Gasteiger partial charge in [0, 0.05) is 16.5 Å². The first-order chi connectivity index (χ1) is 22.1. The number of hydrazine groups is 1.